The molecule has 0 spiro atoms. The van der Waals surface area contributed by atoms with Crippen molar-refractivity contribution in [3.63, 3.8) is 0 Å². The molecule has 3 N–H and O–H groups in total. The molecule has 0 unspecified atom stereocenters. The van der Waals surface area contributed by atoms with Crippen LogP contribution in [0, 0.1) is 6.92 Å². The maximum Gasteiger partial charge on any atom is 0.325 e. The average Bonchev–Trinajstić information content (AvgIpc) is 2.32. The normalized spacial score (nSPS) is 10.3. The summed E-state index contributed by atoms with van der Waals surface area (Å²) in [6, 6.07) is 6.31. The first-order valence-electron chi connectivity index (χ1n) is 5.82. The molecule has 2 aromatic rings. The van der Waals surface area contributed by atoms with E-state index in [4.69, 9.17) is 11.6 Å². The van der Waals surface area contributed by atoms with Crippen molar-refractivity contribution < 1.29 is 4.79 Å². The van der Waals surface area contributed by atoms with E-state index in [0.29, 0.717) is 10.7 Å². The number of aromatic amines is 2. The highest BCUT2D eigenvalue weighted by molar-refractivity contribution is 6.31. The quantitative estimate of drug-likeness (QED) is 0.793. The van der Waals surface area contributed by atoms with Gasteiger partial charge >= 0.3 is 5.69 Å². The molecular formula is C13H12ClN3O3. The molecule has 0 saturated heterocycles. The molecule has 0 aliphatic carbocycles. The first kappa shape index (κ1) is 14.1. The Hall–Kier alpha value is -2.34. The van der Waals surface area contributed by atoms with Crippen LogP contribution >= 0.6 is 11.6 Å². The minimum absolute atomic E-state index is 0.106. The SMILES string of the molecule is Cc1ccc(Cl)cc1NC(=O)Cc1cc(=O)[nH]c(=O)[nH]1. The van der Waals surface area contributed by atoms with Crippen molar-refractivity contribution in [2.75, 3.05) is 5.32 Å². The lowest BCUT2D eigenvalue weighted by molar-refractivity contribution is -0.115. The van der Waals surface area contributed by atoms with E-state index >= 15 is 0 Å². The molecule has 104 valence electrons. The van der Waals surface area contributed by atoms with Gasteiger partial charge in [0.15, 0.2) is 0 Å². The zero-order chi connectivity index (χ0) is 14.7. The number of H-pyrrole nitrogens is 2. The minimum Gasteiger partial charge on any atom is -0.325 e. The van der Waals surface area contributed by atoms with Crippen LogP contribution in [0.15, 0.2) is 33.9 Å². The standard InChI is InChI=1S/C13H12ClN3O3/c1-7-2-3-8(14)4-10(7)16-11(18)5-9-6-12(19)17-13(20)15-9/h2-4,6H,5H2,1H3,(H,16,18)(H2,15,17,19,20). The van der Waals surface area contributed by atoms with Gasteiger partial charge in [0.25, 0.3) is 5.56 Å². The summed E-state index contributed by atoms with van der Waals surface area (Å²) >= 11 is 5.86. The Morgan fingerprint density at radius 1 is 1.25 bits per heavy atom. The summed E-state index contributed by atoms with van der Waals surface area (Å²) < 4.78 is 0. The maximum absolute atomic E-state index is 11.9. The number of hydrogen-bond donors (Lipinski definition) is 3. The highest BCUT2D eigenvalue weighted by atomic mass is 35.5. The van der Waals surface area contributed by atoms with Crippen molar-refractivity contribution in [1.82, 2.24) is 9.97 Å². The highest BCUT2D eigenvalue weighted by Gasteiger charge is 2.08. The van der Waals surface area contributed by atoms with Crippen LogP contribution in [0.3, 0.4) is 0 Å². The van der Waals surface area contributed by atoms with Gasteiger partial charge in [-0.25, -0.2) is 4.79 Å². The van der Waals surface area contributed by atoms with E-state index in [2.05, 4.69) is 10.3 Å². The van der Waals surface area contributed by atoms with Crippen LogP contribution in [-0.2, 0) is 11.2 Å². The smallest absolute Gasteiger partial charge is 0.325 e. The Morgan fingerprint density at radius 2 is 2.00 bits per heavy atom. The number of carbonyl (C=O) groups excluding carboxylic acids is 1. The second kappa shape index (κ2) is 5.75. The molecule has 0 aliphatic heterocycles. The van der Waals surface area contributed by atoms with E-state index in [0.717, 1.165) is 5.56 Å². The summed E-state index contributed by atoms with van der Waals surface area (Å²) in [5, 5.41) is 3.19. The van der Waals surface area contributed by atoms with Crippen LogP contribution in [0.25, 0.3) is 0 Å². The van der Waals surface area contributed by atoms with Gasteiger partial charge in [-0.3, -0.25) is 14.6 Å². The number of anilines is 1. The molecule has 1 aromatic carbocycles. The number of nitrogens with one attached hydrogen (secondary N) is 3. The third-order valence-electron chi connectivity index (χ3n) is 2.64. The van der Waals surface area contributed by atoms with E-state index in [1.807, 2.05) is 11.9 Å². The van der Waals surface area contributed by atoms with Gasteiger partial charge in [0, 0.05) is 22.5 Å². The topological polar surface area (TPSA) is 94.8 Å². The molecule has 0 fully saturated rings. The lowest BCUT2D eigenvalue weighted by atomic mass is 10.2. The number of aromatic nitrogens is 2. The van der Waals surface area contributed by atoms with Crippen molar-refractivity contribution in [2.45, 2.75) is 13.3 Å². The largest absolute Gasteiger partial charge is 0.325 e. The van der Waals surface area contributed by atoms with E-state index in [-0.39, 0.29) is 18.0 Å². The van der Waals surface area contributed by atoms with Crippen molar-refractivity contribution in [3.05, 3.63) is 61.4 Å². The molecule has 2 rings (SSSR count). The number of hydrogen-bond acceptors (Lipinski definition) is 3. The fourth-order valence-corrected chi connectivity index (χ4v) is 1.88. The van der Waals surface area contributed by atoms with Crippen molar-refractivity contribution >= 4 is 23.2 Å². The predicted octanol–water partition coefficient (Wildman–Crippen LogP) is 1.21. The van der Waals surface area contributed by atoms with E-state index in [1.54, 1.807) is 18.2 Å². The Bertz CT molecular complexity index is 736. The molecule has 7 heteroatoms. The van der Waals surface area contributed by atoms with Crippen LogP contribution in [0.2, 0.25) is 5.02 Å². The Balaban J connectivity index is 2.15. The molecule has 1 aromatic heterocycles. The lowest BCUT2D eigenvalue weighted by Crippen LogP contribution is -2.25. The zero-order valence-electron chi connectivity index (χ0n) is 10.6. The number of benzene rings is 1. The average molecular weight is 294 g/mol. The monoisotopic (exact) mass is 293 g/mol. The molecule has 1 amide bonds. The molecule has 20 heavy (non-hydrogen) atoms. The molecule has 1 heterocycles. The number of aryl methyl sites for hydroxylation is 1. The van der Waals surface area contributed by atoms with E-state index in [1.165, 1.54) is 6.07 Å². The third kappa shape index (κ3) is 3.58. The van der Waals surface area contributed by atoms with Gasteiger partial charge in [0.2, 0.25) is 5.91 Å². The summed E-state index contributed by atoms with van der Waals surface area (Å²) in [6.07, 6.45) is -0.106. The molecular weight excluding hydrogens is 282 g/mol. The first-order chi connectivity index (χ1) is 9.44. The van der Waals surface area contributed by atoms with Crippen LogP contribution in [0.4, 0.5) is 5.69 Å². The van der Waals surface area contributed by atoms with Crippen molar-refractivity contribution in [2.24, 2.45) is 0 Å². The van der Waals surface area contributed by atoms with E-state index in [9.17, 15) is 14.4 Å². The van der Waals surface area contributed by atoms with Crippen LogP contribution in [-0.4, -0.2) is 15.9 Å². The summed E-state index contributed by atoms with van der Waals surface area (Å²) in [5.41, 5.74) is 0.516. The molecule has 0 bridgehead atoms. The molecule has 0 radical (unpaired) electrons. The maximum atomic E-state index is 11.9. The summed E-state index contributed by atoms with van der Waals surface area (Å²) in [4.78, 5) is 38.5. The Morgan fingerprint density at radius 3 is 2.70 bits per heavy atom. The number of halogens is 1. The number of amides is 1. The lowest BCUT2D eigenvalue weighted by Gasteiger charge is -2.08. The minimum atomic E-state index is -0.640. The number of carbonyl (C=O) groups is 1. The van der Waals surface area contributed by atoms with Crippen LogP contribution in [0.5, 0.6) is 0 Å². The van der Waals surface area contributed by atoms with Gasteiger partial charge in [-0.05, 0) is 24.6 Å². The van der Waals surface area contributed by atoms with Gasteiger partial charge in [-0.1, -0.05) is 17.7 Å². The van der Waals surface area contributed by atoms with Crippen molar-refractivity contribution in [1.29, 1.82) is 0 Å². The fraction of sp³-hybridized carbons (Fsp3) is 0.154. The van der Waals surface area contributed by atoms with Crippen LogP contribution < -0.4 is 16.6 Å². The van der Waals surface area contributed by atoms with Crippen LogP contribution in [0.1, 0.15) is 11.3 Å². The molecule has 0 atom stereocenters. The summed E-state index contributed by atoms with van der Waals surface area (Å²) in [5.74, 6) is -0.350. The fourth-order valence-electron chi connectivity index (χ4n) is 1.71. The molecule has 0 saturated carbocycles. The van der Waals surface area contributed by atoms with Gasteiger partial charge in [0.05, 0.1) is 6.42 Å². The second-order valence-electron chi connectivity index (χ2n) is 4.30. The third-order valence-corrected chi connectivity index (χ3v) is 2.88. The summed E-state index contributed by atoms with van der Waals surface area (Å²) in [6.45, 7) is 1.83. The molecule has 0 aliphatic rings. The summed E-state index contributed by atoms with van der Waals surface area (Å²) in [7, 11) is 0. The first-order valence-corrected chi connectivity index (χ1v) is 6.20. The van der Waals surface area contributed by atoms with Gasteiger partial charge < -0.3 is 10.3 Å². The van der Waals surface area contributed by atoms with Gasteiger partial charge in [-0.2, -0.15) is 0 Å². The predicted molar refractivity (Wildman–Crippen MR) is 76.2 cm³/mol. The van der Waals surface area contributed by atoms with Gasteiger partial charge in [-0.15, -0.1) is 0 Å². The Labute approximate surface area is 118 Å². The second-order valence-corrected chi connectivity index (χ2v) is 4.73. The van der Waals surface area contributed by atoms with E-state index < -0.39 is 11.2 Å². The van der Waals surface area contributed by atoms with Crippen molar-refractivity contribution in [3.8, 4) is 0 Å². The zero-order valence-corrected chi connectivity index (χ0v) is 11.4. The number of rotatable bonds is 3. The molecule has 6 nitrogen and oxygen atoms in total. The van der Waals surface area contributed by atoms with Gasteiger partial charge in [0.1, 0.15) is 0 Å². The Kier molecular flexibility index (Phi) is 4.05. The highest BCUT2D eigenvalue weighted by Crippen LogP contribution is 2.20.